The molecule has 0 radical (unpaired) electrons. The number of fused-ring (bicyclic) bond motifs is 7. The molecule has 6 heterocycles. The molecule has 0 saturated carbocycles. The zero-order valence-electron chi connectivity index (χ0n) is 27.9. The monoisotopic (exact) mass is 697 g/mol. The quantitative estimate of drug-likeness (QED) is 0.0781. The maximum atomic E-state index is 13.6. The van der Waals surface area contributed by atoms with Gasteiger partial charge in [0.05, 0.1) is 11.4 Å². The number of hydrogen-bond donors (Lipinski definition) is 5. The second kappa shape index (κ2) is 13.8. The Morgan fingerprint density at radius 3 is 2.40 bits per heavy atom. The number of phenolic OH excluding ortho intramolecular Hbond substituents is 1. The molecular weight excluding hydrogens is 655 g/mol. The van der Waals surface area contributed by atoms with Crippen molar-refractivity contribution in [2.24, 2.45) is 34.2 Å². The predicted molar refractivity (Wildman–Crippen MR) is 190 cm³/mol. The first-order valence-corrected chi connectivity index (χ1v) is 18.7. The molecule has 9 atom stereocenters. The summed E-state index contributed by atoms with van der Waals surface area (Å²) in [5, 5.41) is 19.8. The minimum Gasteiger partial charge on any atom is -0.508 e. The first kappa shape index (κ1) is 34.1. The Morgan fingerprint density at radius 2 is 1.72 bits per heavy atom. The molecule has 3 aromatic carbocycles. The molecule has 11 heteroatoms. The van der Waals surface area contributed by atoms with Crippen LogP contribution in [0, 0.1) is 29.6 Å². The van der Waals surface area contributed by atoms with E-state index in [1.165, 1.54) is 0 Å². The number of hydrogen-bond acceptors (Lipinski definition) is 7. The molecule has 50 heavy (non-hydrogen) atoms. The molecule has 262 valence electrons. The van der Waals surface area contributed by atoms with Crippen molar-refractivity contribution in [2.45, 2.75) is 74.5 Å². The molecule has 0 spiro atoms. The summed E-state index contributed by atoms with van der Waals surface area (Å²) < 4.78 is 51.5. The van der Waals surface area contributed by atoms with E-state index in [9.17, 15) is 23.2 Å². The minimum absolute atomic E-state index is 0.0829. The summed E-state index contributed by atoms with van der Waals surface area (Å²) in [5.74, 6) is 5.44. The van der Waals surface area contributed by atoms with Gasteiger partial charge < -0.3 is 31.2 Å². The first-order valence-electron chi connectivity index (χ1n) is 17.2. The third-order valence-corrected chi connectivity index (χ3v) is 12.2. The number of aromatic hydroxyl groups is 1. The second-order valence-corrected chi connectivity index (χ2v) is 15.6. The highest BCUT2D eigenvalue weighted by Crippen LogP contribution is 2.54. The van der Waals surface area contributed by atoms with Crippen LogP contribution in [0.5, 0.6) is 11.5 Å². The van der Waals surface area contributed by atoms with Crippen LogP contribution >= 0.6 is 0 Å². The summed E-state index contributed by atoms with van der Waals surface area (Å²) in [7, 11) is -4.56. The van der Waals surface area contributed by atoms with Crippen LogP contribution in [0.4, 0.5) is 0 Å². The van der Waals surface area contributed by atoms with Gasteiger partial charge in [-0.3, -0.25) is 4.55 Å². The van der Waals surface area contributed by atoms with Gasteiger partial charge in [-0.2, -0.15) is 8.42 Å². The number of benzene rings is 3. The molecule has 0 aromatic heterocycles. The largest absolute Gasteiger partial charge is 0.508 e. The molecule has 8 bridgehead atoms. The van der Waals surface area contributed by atoms with E-state index in [0.29, 0.717) is 42.6 Å². The normalized spacial score (nSPS) is 30.1. The molecule has 10 nitrogen and oxygen atoms in total. The fourth-order valence-corrected chi connectivity index (χ4v) is 9.64. The van der Waals surface area contributed by atoms with Crippen molar-refractivity contribution in [3.8, 4) is 23.3 Å². The molecule has 10 rings (SSSR count). The van der Waals surface area contributed by atoms with Crippen molar-refractivity contribution in [1.82, 2.24) is 0 Å². The molecule has 1 aliphatic carbocycles. The van der Waals surface area contributed by atoms with E-state index >= 15 is 0 Å². The van der Waals surface area contributed by atoms with E-state index in [1.54, 1.807) is 12.1 Å². The zero-order valence-corrected chi connectivity index (χ0v) is 28.7. The lowest BCUT2D eigenvalue weighted by molar-refractivity contribution is -0.0416. The van der Waals surface area contributed by atoms with E-state index < -0.39 is 33.6 Å². The molecule has 9 unspecified atom stereocenters. The first-order chi connectivity index (χ1) is 24.0. The van der Waals surface area contributed by atoms with E-state index in [4.69, 9.17) is 20.9 Å². The number of nitrogens with two attached hydrogens (primary N) is 2. The molecular formula is C39H43N3O7S. The van der Waals surface area contributed by atoms with E-state index in [1.807, 2.05) is 67.6 Å². The number of phenols is 1. The van der Waals surface area contributed by atoms with Crippen molar-refractivity contribution in [3.05, 3.63) is 106 Å². The van der Waals surface area contributed by atoms with Gasteiger partial charge >= 0.3 is 0 Å². The molecule has 1 saturated heterocycles. The lowest BCUT2D eigenvalue weighted by Gasteiger charge is -2.41. The summed E-state index contributed by atoms with van der Waals surface area (Å²) in [4.78, 5) is 4.36. The number of ether oxygens (including phenoxy) is 2. The average Bonchev–Trinajstić information content (AvgIpc) is 3.18. The molecule has 7 N–H and O–H groups in total. The van der Waals surface area contributed by atoms with Crippen molar-refractivity contribution in [3.63, 3.8) is 0 Å². The van der Waals surface area contributed by atoms with Crippen LogP contribution in [-0.4, -0.2) is 47.1 Å². The Labute approximate surface area is 293 Å². The summed E-state index contributed by atoms with van der Waals surface area (Å²) in [6.45, 7) is 1.89. The third kappa shape index (κ3) is 6.73. The Morgan fingerprint density at radius 1 is 1.00 bits per heavy atom. The molecule has 3 aromatic rings. The minimum atomic E-state index is -4.56. The number of aliphatic hydroxyl groups excluding tert-OH is 1. The van der Waals surface area contributed by atoms with E-state index in [2.05, 4.69) is 16.8 Å². The van der Waals surface area contributed by atoms with Crippen LogP contribution in [0.25, 0.3) is 0 Å². The van der Waals surface area contributed by atoms with Crippen LogP contribution in [0.15, 0.2) is 83.4 Å². The van der Waals surface area contributed by atoms with Gasteiger partial charge in [-0.15, -0.1) is 0 Å². The van der Waals surface area contributed by atoms with Crippen molar-refractivity contribution in [2.75, 3.05) is 6.61 Å². The smallest absolute Gasteiger partial charge is 0.268 e. The molecule has 1 fully saturated rings. The lowest BCUT2D eigenvalue weighted by Crippen LogP contribution is -2.39. The van der Waals surface area contributed by atoms with Crippen molar-refractivity contribution < 1.29 is 32.7 Å². The number of guanidine groups is 1. The molecule has 6 aliphatic heterocycles. The summed E-state index contributed by atoms with van der Waals surface area (Å²) in [6, 6.07) is 20.3. The summed E-state index contributed by atoms with van der Waals surface area (Å²) >= 11 is 0. The average molecular weight is 698 g/mol. The fraction of sp³-hybridized carbons (Fsp3) is 0.410. The lowest BCUT2D eigenvalue weighted by atomic mass is 9.65. The Bertz CT molecular complexity index is 1960. The maximum Gasteiger partial charge on any atom is 0.268 e. The van der Waals surface area contributed by atoms with Gasteiger partial charge in [0.15, 0.2) is 5.96 Å². The number of aliphatic hydroxyl groups is 1. The predicted octanol–water partition coefficient (Wildman–Crippen LogP) is 5.44. The van der Waals surface area contributed by atoms with Gasteiger partial charge in [0, 0.05) is 41.6 Å². The zero-order chi connectivity index (χ0) is 35.2. The van der Waals surface area contributed by atoms with Crippen LogP contribution in [0.3, 0.4) is 0 Å². The summed E-state index contributed by atoms with van der Waals surface area (Å²) in [6.07, 6.45) is 2.68. The SMILES string of the molecule is CCC1CC(S(=O)(=O)O)C2C=C3CC(CC4OC3c3ccc(O)cc3C#CCC4CO)C2c2ccc(cc2)C(N=C(N)N)Oc2ccc1cc2. The highest BCUT2D eigenvalue weighted by Gasteiger charge is 2.48. The standard InChI is InChI=1S/C39H43N3O7S/c1-2-22-20-35(50(45,46)47)33-18-29-16-28(19-34-27(21-43)5-3-4-26-17-30(44)12-15-32(26)37(29)49-34)36(33)24-6-8-25(9-7-24)38(42-39(40)41)48-31-13-10-23(22)11-14-31/h6-15,17-18,22,27-28,33-38,43-44H,2,5,16,19-21H2,1H3,(H4,40,41,42)(H,45,46,47). The van der Waals surface area contributed by atoms with Crippen molar-refractivity contribution in [1.29, 1.82) is 0 Å². The molecule has 0 amide bonds. The van der Waals surface area contributed by atoms with Gasteiger partial charge in [-0.05, 0) is 84.4 Å². The van der Waals surface area contributed by atoms with Crippen LogP contribution in [0.2, 0.25) is 0 Å². The maximum absolute atomic E-state index is 13.6. The van der Waals surface area contributed by atoms with Crippen molar-refractivity contribution >= 4 is 16.1 Å². The fourth-order valence-electron chi connectivity index (χ4n) is 8.52. The number of aliphatic imine (C=N–C) groups is 1. The topological polar surface area (TPSA) is 178 Å². The second-order valence-electron chi connectivity index (χ2n) is 14.0. The summed E-state index contributed by atoms with van der Waals surface area (Å²) in [5.41, 5.74) is 16.5. The number of allylic oxidation sites excluding steroid dienone is 1. The van der Waals surface area contributed by atoms with Gasteiger partial charge in [0.2, 0.25) is 6.23 Å². The van der Waals surface area contributed by atoms with Crippen LogP contribution in [0.1, 0.15) is 91.0 Å². The van der Waals surface area contributed by atoms with Gasteiger partial charge in [-0.25, -0.2) is 4.99 Å². The Kier molecular flexibility index (Phi) is 9.39. The third-order valence-electron chi connectivity index (χ3n) is 11.0. The van der Waals surface area contributed by atoms with Gasteiger partial charge in [0.1, 0.15) is 17.6 Å². The van der Waals surface area contributed by atoms with E-state index in [0.717, 1.165) is 22.3 Å². The Balaban J connectivity index is 1.44. The molecule has 7 aliphatic rings. The highest BCUT2D eigenvalue weighted by molar-refractivity contribution is 7.86. The van der Waals surface area contributed by atoms with Gasteiger partial charge in [-0.1, -0.05) is 67.3 Å². The number of nitrogens with zero attached hydrogens (tertiary/aromatic N) is 1. The number of rotatable bonds is 4. The van der Waals surface area contributed by atoms with Crippen LogP contribution in [-0.2, 0) is 14.9 Å². The van der Waals surface area contributed by atoms with Gasteiger partial charge in [0.25, 0.3) is 10.1 Å². The highest BCUT2D eigenvalue weighted by atomic mass is 32.2. The Hall–Kier alpha value is -4.34. The van der Waals surface area contributed by atoms with E-state index in [-0.39, 0.29) is 54.5 Å². The van der Waals surface area contributed by atoms with Crippen LogP contribution < -0.4 is 16.2 Å².